The lowest BCUT2D eigenvalue weighted by atomic mass is 10.1. The Balaban J connectivity index is 1.63. The van der Waals surface area contributed by atoms with E-state index < -0.39 is 0 Å². The number of nitrogens with one attached hydrogen (secondary N) is 1. The highest BCUT2D eigenvalue weighted by atomic mass is 35.5. The van der Waals surface area contributed by atoms with Crippen LogP contribution in [0.15, 0.2) is 59.3 Å². The van der Waals surface area contributed by atoms with Gasteiger partial charge in [-0.25, -0.2) is 0 Å². The van der Waals surface area contributed by atoms with Gasteiger partial charge in [0.05, 0.1) is 17.3 Å². The average molecular weight is 368 g/mol. The van der Waals surface area contributed by atoms with Gasteiger partial charge in [-0.2, -0.15) is 4.68 Å². The van der Waals surface area contributed by atoms with Gasteiger partial charge >= 0.3 is 0 Å². The molecule has 1 unspecified atom stereocenters. The number of aromatic nitrogens is 4. The maximum absolute atomic E-state index is 12.8. The number of carbonyl (C=O) groups is 1. The van der Waals surface area contributed by atoms with E-state index in [2.05, 4.69) is 20.8 Å². The van der Waals surface area contributed by atoms with Gasteiger partial charge in [-0.05, 0) is 47.7 Å². The molecule has 2 aromatic heterocycles. The summed E-state index contributed by atoms with van der Waals surface area (Å²) in [6.45, 7) is 1.86. The van der Waals surface area contributed by atoms with Gasteiger partial charge in [-0.1, -0.05) is 29.8 Å². The minimum Gasteiger partial charge on any atom is -0.459 e. The predicted molar refractivity (Wildman–Crippen MR) is 96.3 cm³/mol. The molecule has 1 amide bonds. The van der Waals surface area contributed by atoms with E-state index in [1.165, 1.54) is 11.0 Å². The van der Waals surface area contributed by atoms with E-state index in [4.69, 9.17) is 16.0 Å². The fraction of sp³-hybridized carbons (Fsp3) is 0.111. The van der Waals surface area contributed by atoms with Crippen LogP contribution in [0, 0.1) is 0 Å². The van der Waals surface area contributed by atoms with Crippen molar-refractivity contribution >= 4 is 28.5 Å². The highest BCUT2D eigenvalue weighted by Crippen LogP contribution is 2.25. The molecule has 0 spiro atoms. The van der Waals surface area contributed by atoms with Gasteiger partial charge in [0.25, 0.3) is 5.91 Å². The molecule has 7 nitrogen and oxygen atoms in total. The molecule has 2 heterocycles. The number of hydrogen-bond donors (Lipinski definition) is 1. The molecule has 1 N–H and O–H groups in total. The number of carbonyl (C=O) groups excluding carboxylic acids is 1. The summed E-state index contributed by atoms with van der Waals surface area (Å²) in [6, 6.07) is 14.2. The molecule has 0 saturated heterocycles. The molecule has 4 aromatic rings. The standard InChI is InChI=1S/C18H14ClN5O2/c1-11(17-8-12-4-2-3-5-16(12)26-17)21-18(25)14-9-13(19)6-7-15(14)24-10-20-22-23-24/h2-11H,1H3,(H,21,25). The van der Waals surface area contributed by atoms with Crippen molar-refractivity contribution in [2.24, 2.45) is 0 Å². The smallest absolute Gasteiger partial charge is 0.254 e. The lowest BCUT2D eigenvalue weighted by molar-refractivity contribution is 0.0935. The topological polar surface area (TPSA) is 85.8 Å². The highest BCUT2D eigenvalue weighted by molar-refractivity contribution is 6.31. The molecular formula is C18H14ClN5O2. The molecular weight excluding hydrogens is 354 g/mol. The molecule has 4 rings (SSSR count). The third-order valence-electron chi connectivity index (χ3n) is 4.02. The van der Waals surface area contributed by atoms with Crippen LogP contribution in [-0.2, 0) is 0 Å². The van der Waals surface area contributed by atoms with Gasteiger partial charge in [-0.15, -0.1) is 5.10 Å². The Labute approximate surface area is 153 Å². The van der Waals surface area contributed by atoms with Crippen LogP contribution in [0.3, 0.4) is 0 Å². The average Bonchev–Trinajstić information content (AvgIpc) is 3.31. The molecule has 8 heteroatoms. The summed E-state index contributed by atoms with van der Waals surface area (Å²) in [5.74, 6) is 0.372. The Morgan fingerprint density at radius 3 is 2.85 bits per heavy atom. The molecule has 0 fully saturated rings. The normalized spacial score (nSPS) is 12.2. The van der Waals surface area contributed by atoms with Gasteiger partial charge in [0.2, 0.25) is 0 Å². The van der Waals surface area contributed by atoms with Crippen molar-refractivity contribution in [3.63, 3.8) is 0 Å². The number of furan rings is 1. The molecule has 0 aliphatic rings. The van der Waals surface area contributed by atoms with Gasteiger partial charge < -0.3 is 9.73 Å². The van der Waals surface area contributed by atoms with Crippen LogP contribution < -0.4 is 5.32 Å². The van der Waals surface area contributed by atoms with E-state index in [1.807, 2.05) is 37.3 Å². The number of para-hydroxylation sites is 1. The zero-order chi connectivity index (χ0) is 18.1. The first-order valence-corrected chi connectivity index (χ1v) is 8.32. The minimum absolute atomic E-state index is 0.300. The number of amides is 1. The monoisotopic (exact) mass is 367 g/mol. The molecule has 26 heavy (non-hydrogen) atoms. The van der Waals surface area contributed by atoms with Gasteiger partial charge in [0.1, 0.15) is 17.7 Å². The Bertz CT molecular complexity index is 1040. The molecule has 0 aliphatic heterocycles. The summed E-state index contributed by atoms with van der Waals surface area (Å²) in [5, 5.41) is 15.4. The number of halogens is 1. The van der Waals surface area contributed by atoms with Crippen molar-refractivity contribution in [3.05, 3.63) is 71.2 Å². The van der Waals surface area contributed by atoms with E-state index in [0.717, 1.165) is 11.0 Å². The number of hydrogen-bond acceptors (Lipinski definition) is 5. The summed E-state index contributed by atoms with van der Waals surface area (Å²) in [6.07, 6.45) is 1.42. The van der Waals surface area contributed by atoms with Crippen molar-refractivity contribution in [2.75, 3.05) is 0 Å². The molecule has 0 saturated carbocycles. The summed E-state index contributed by atoms with van der Waals surface area (Å²) in [5.41, 5.74) is 1.68. The highest BCUT2D eigenvalue weighted by Gasteiger charge is 2.19. The maximum atomic E-state index is 12.8. The third kappa shape index (κ3) is 3.04. The summed E-state index contributed by atoms with van der Waals surface area (Å²) in [7, 11) is 0. The minimum atomic E-state index is -0.324. The molecule has 0 aliphatic carbocycles. The number of rotatable bonds is 4. The van der Waals surface area contributed by atoms with Crippen molar-refractivity contribution < 1.29 is 9.21 Å². The largest absolute Gasteiger partial charge is 0.459 e. The maximum Gasteiger partial charge on any atom is 0.254 e. The molecule has 0 radical (unpaired) electrons. The molecule has 2 aromatic carbocycles. The first-order chi connectivity index (χ1) is 12.6. The van der Waals surface area contributed by atoms with E-state index in [1.54, 1.807) is 18.2 Å². The van der Waals surface area contributed by atoms with E-state index in [0.29, 0.717) is 22.0 Å². The molecule has 130 valence electrons. The summed E-state index contributed by atoms with van der Waals surface area (Å²) in [4.78, 5) is 12.8. The van der Waals surface area contributed by atoms with E-state index in [-0.39, 0.29) is 11.9 Å². The second-order valence-electron chi connectivity index (χ2n) is 5.80. The fourth-order valence-corrected chi connectivity index (χ4v) is 2.90. The van der Waals surface area contributed by atoms with Crippen LogP contribution in [-0.4, -0.2) is 26.1 Å². The van der Waals surface area contributed by atoms with Crippen molar-refractivity contribution in [1.82, 2.24) is 25.5 Å². The molecule has 0 bridgehead atoms. The van der Waals surface area contributed by atoms with Crippen molar-refractivity contribution in [3.8, 4) is 5.69 Å². The number of tetrazole rings is 1. The first-order valence-electron chi connectivity index (χ1n) is 7.94. The number of nitrogens with zero attached hydrogens (tertiary/aromatic N) is 4. The van der Waals surface area contributed by atoms with Gasteiger partial charge in [0, 0.05) is 10.4 Å². The number of benzene rings is 2. The zero-order valence-corrected chi connectivity index (χ0v) is 14.5. The lowest BCUT2D eigenvalue weighted by Crippen LogP contribution is -2.27. The fourth-order valence-electron chi connectivity index (χ4n) is 2.72. The number of fused-ring (bicyclic) bond motifs is 1. The van der Waals surface area contributed by atoms with Gasteiger partial charge in [-0.3, -0.25) is 4.79 Å². The Kier molecular flexibility index (Phi) is 4.14. The first kappa shape index (κ1) is 16.3. The van der Waals surface area contributed by atoms with Crippen LogP contribution in [0.1, 0.15) is 29.1 Å². The summed E-state index contributed by atoms with van der Waals surface area (Å²) < 4.78 is 7.23. The van der Waals surface area contributed by atoms with Crippen LogP contribution >= 0.6 is 11.6 Å². The van der Waals surface area contributed by atoms with Gasteiger partial charge in [0.15, 0.2) is 0 Å². The summed E-state index contributed by atoms with van der Waals surface area (Å²) >= 11 is 6.07. The van der Waals surface area contributed by atoms with E-state index in [9.17, 15) is 4.79 Å². The third-order valence-corrected chi connectivity index (χ3v) is 4.25. The Morgan fingerprint density at radius 2 is 2.08 bits per heavy atom. The van der Waals surface area contributed by atoms with Crippen LogP contribution in [0.5, 0.6) is 0 Å². The van der Waals surface area contributed by atoms with E-state index >= 15 is 0 Å². The van der Waals surface area contributed by atoms with Crippen LogP contribution in [0.4, 0.5) is 0 Å². The molecule has 1 atom stereocenters. The van der Waals surface area contributed by atoms with Crippen LogP contribution in [0.25, 0.3) is 16.7 Å². The quantitative estimate of drug-likeness (QED) is 0.596. The SMILES string of the molecule is CC(NC(=O)c1cc(Cl)ccc1-n1cnnn1)c1cc2ccccc2o1. The second kappa shape index (κ2) is 6.61. The Morgan fingerprint density at radius 1 is 1.23 bits per heavy atom. The Hall–Kier alpha value is -3.19. The predicted octanol–water partition coefficient (Wildman–Crippen LogP) is 3.55. The lowest BCUT2D eigenvalue weighted by Gasteiger charge is -2.14. The van der Waals surface area contributed by atoms with Crippen LogP contribution in [0.2, 0.25) is 5.02 Å². The second-order valence-corrected chi connectivity index (χ2v) is 6.23. The van der Waals surface area contributed by atoms with Crippen molar-refractivity contribution in [1.29, 1.82) is 0 Å². The van der Waals surface area contributed by atoms with Crippen molar-refractivity contribution in [2.45, 2.75) is 13.0 Å². The zero-order valence-electron chi connectivity index (χ0n) is 13.8.